The monoisotopic (exact) mass is 322 g/mol. The molecule has 2 aliphatic rings. The molecule has 2 saturated heterocycles. The molecule has 4 heteroatoms. The first-order chi connectivity index (χ1) is 9.11. The van der Waals surface area contributed by atoms with E-state index in [4.69, 9.17) is 0 Å². The van der Waals surface area contributed by atoms with Crippen LogP contribution in [0.1, 0.15) is 41.6 Å². The number of amides is 1. The van der Waals surface area contributed by atoms with E-state index in [9.17, 15) is 4.79 Å². The van der Waals surface area contributed by atoms with Crippen LogP contribution in [0.25, 0.3) is 0 Å². The van der Waals surface area contributed by atoms with Crippen LogP contribution in [0, 0.1) is 6.92 Å². The van der Waals surface area contributed by atoms with Crippen LogP contribution in [0.3, 0.4) is 0 Å². The Balaban J connectivity index is 1.68. The number of carbonyl (C=O) groups is 1. The Hall–Kier alpha value is -0.870. The van der Waals surface area contributed by atoms with E-state index >= 15 is 0 Å². The molecule has 3 rings (SSSR count). The van der Waals surface area contributed by atoms with Crippen molar-refractivity contribution in [2.24, 2.45) is 0 Å². The van der Waals surface area contributed by atoms with Crippen LogP contribution >= 0.6 is 15.9 Å². The number of fused-ring (bicyclic) bond motifs is 2. The molecule has 2 aliphatic heterocycles. The Labute approximate surface area is 122 Å². The van der Waals surface area contributed by atoms with Gasteiger partial charge in [0.2, 0.25) is 0 Å². The SMILES string of the molecule is Cc1cc(Br)ccc1C(=O)NC1CC2CCC(C1)N2. The van der Waals surface area contributed by atoms with Gasteiger partial charge in [-0.2, -0.15) is 0 Å². The smallest absolute Gasteiger partial charge is 0.251 e. The van der Waals surface area contributed by atoms with Crippen LogP contribution in [0.2, 0.25) is 0 Å². The largest absolute Gasteiger partial charge is 0.349 e. The van der Waals surface area contributed by atoms with E-state index in [0.717, 1.165) is 28.4 Å². The number of halogens is 1. The van der Waals surface area contributed by atoms with Gasteiger partial charge in [0, 0.05) is 28.2 Å². The quantitative estimate of drug-likeness (QED) is 0.879. The number of carbonyl (C=O) groups excluding carboxylic acids is 1. The minimum atomic E-state index is 0.0660. The molecule has 2 bridgehead atoms. The molecule has 102 valence electrons. The molecule has 3 nitrogen and oxygen atoms in total. The maximum Gasteiger partial charge on any atom is 0.251 e. The second-order valence-corrected chi connectivity index (χ2v) is 6.65. The summed E-state index contributed by atoms with van der Waals surface area (Å²) in [6, 6.07) is 7.35. The van der Waals surface area contributed by atoms with Crippen LogP contribution in [0.15, 0.2) is 22.7 Å². The fraction of sp³-hybridized carbons (Fsp3) is 0.533. The first-order valence-corrected chi connectivity index (χ1v) is 7.74. The maximum atomic E-state index is 12.3. The average molecular weight is 323 g/mol. The second kappa shape index (κ2) is 5.25. The van der Waals surface area contributed by atoms with Gasteiger partial charge in [0.15, 0.2) is 0 Å². The standard InChI is InChI=1S/C15H19BrN2O/c1-9-6-10(16)2-5-14(9)15(19)18-13-7-11-3-4-12(8-13)17-11/h2,5-6,11-13,17H,3-4,7-8H2,1H3,(H,18,19). The molecule has 2 fully saturated rings. The van der Waals surface area contributed by atoms with E-state index in [1.807, 2.05) is 25.1 Å². The first-order valence-electron chi connectivity index (χ1n) is 6.95. The molecule has 2 unspecified atom stereocenters. The van der Waals surface area contributed by atoms with Crippen molar-refractivity contribution in [1.29, 1.82) is 0 Å². The summed E-state index contributed by atoms with van der Waals surface area (Å²) in [5, 5.41) is 6.80. The lowest BCUT2D eigenvalue weighted by atomic mass is 9.99. The van der Waals surface area contributed by atoms with Gasteiger partial charge in [-0.15, -0.1) is 0 Å². The Bertz CT molecular complexity index is 491. The summed E-state index contributed by atoms with van der Waals surface area (Å²) < 4.78 is 1.02. The van der Waals surface area contributed by atoms with Crippen LogP contribution in [-0.2, 0) is 0 Å². The van der Waals surface area contributed by atoms with Crippen molar-refractivity contribution < 1.29 is 4.79 Å². The molecule has 0 saturated carbocycles. The number of piperidine rings is 1. The average Bonchev–Trinajstić information content (AvgIpc) is 2.68. The molecule has 2 heterocycles. The zero-order valence-electron chi connectivity index (χ0n) is 11.1. The van der Waals surface area contributed by atoms with Crippen LogP contribution < -0.4 is 10.6 Å². The van der Waals surface area contributed by atoms with E-state index in [-0.39, 0.29) is 5.91 Å². The second-order valence-electron chi connectivity index (χ2n) is 5.74. The Kier molecular flexibility index (Phi) is 3.63. The predicted octanol–water partition coefficient (Wildman–Crippen LogP) is 2.77. The summed E-state index contributed by atoms with van der Waals surface area (Å²) >= 11 is 3.43. The molecule has 2 N–H and O–H groups in total. The highest BCUT2D eigenvalue weighted by atomic mass is 79.9. The maximum absolute atomic E-state index is 12.3. The van der Waals surface area contributed by atoms with Crippen molar-refractivity contribution >= 4 is 21.8 Å². The lowest BCUT2D eigenvalue weighted by Crippen LogP contribution is -2.48. The lowest BCUT2D eigenvalue weighted by molar-refractivity contribution is 0.0923. The van der Waals surface area contributed by atoms with Gasteiger partial charge in [0.1, 0.15) is 0 Å². The molecule has 19 heavy (non-hydrogen) atoms. The zero-order chi connectivity index (χ0) is 13.4. The van der Waals surface area contributed by atoms with Gasteiger partial charge in [-0.05, 0) is 56.4 Å². The van der Waals surface area contributed by atoms with Crippen molar-refractivity contribution in [2.45, 2.75) is 50.7 Å². The molecule has 2 atom stereocenters. The number of hydrogen-bond donors (Lipinski definition) is 2. The number of hydrogen-bond acceptors (Lipinski definition) is 2. The minimum absolute atomic E-state index is 0.0660. The van der Waals surface area contributed by atoms with E-state index < -0.39 is 0 Å². The van der Waals surface area contributed by atoms with Crippen LogP contribution in [-0.4, -0.2) is 24.0 Å². The van der Waals surface area contributed by atoms with E-state index in [1.165, 1.54) is 12.8 Å². The first kappa shape index (κ1) is 13.1. The van der Waals surface area contributed by atoms with Crippen molar-refractivity contribution in [3.8, 4) is 0 Å². The van der Waals surface area contributed by atoms with Gasteiger partial charge in [0.25, 0.3) is 5.91 Å². The van der Waals surface area contributed by atoms with Gasteiger partial charge in [-0.1, -0.05) is 15.9 Å². The van der Waals surface area contributed by atoms with Gasteiger partial charge in [-0.25, -0.2) is 0 Å². The molecule has 0 radical (unpaired) electrons. The Morgan fingerprint density at radius 3 is 2.63 bits per heavy atom. The van der Waals surface area contributed by atoms with Crippen molar-refractivity contribution in [2.75, 3.05) is 0 Å². The summed E-state index contributed by atoms with van der Waals surface area (Å²) in [5.74, 6) is 0.0660. The van der Waals surface area contributed by atoms with Crippen molar-refractivity contribution in [1.82, 2.24) is 10.6 Å². The summed E-state index contributed by atoms with van der Waals surface area (Å²) in [6.07, 6.45) is 4.65. The Morgan fingerprint density at radius 1 is 1.32 bits per heavy atom. The predicted molar refractivity (Wildman–Crippen MR) is 79.3 cm³/mol. The molecule has 0 aromatic heterocycles. The molecular formula is C15H19BrN2O. The van der Waals surface area contributed by atoms with Crippen LogP contribution in [0.4, 0.5) is 0 Å². The van der Waals surface area contributed by atoms with Crippen molar-refractivity contribution in [3.63, 3.8) is 0 Å². The van der Waals surface area contributed by atoms with Crippen molar-refractivity contribution in [3.05, 3.63) is 33.8 Å². The summed E-state index contributed by atoms with van der Waals surface area (Å²) in [5.41, 5.74) is 1.80. The number of nitrogens with one attached hydrogen (secondary N) is 2. The molecule has 0 spiro atoms. The normalized spacial score (nSPS) is 29.3. The van der Waals surface area contributed by atoms with Gasteiger partial charge >= 0.3 is 0 Å². The van der Waals surface area contributed by atoms with E-state index in [1.54, 1.807) is 0 Å². The number of rotatable bonds is 2. The minimum Gasteiger partial charge on any atom is -0.349 e. The summed E-state index contributed by atoms with van der Waals surface area (Å²) in [6.45, 7) is 1.98. The highest BCUT2D eigenvalue weighted by molar-refractivity contribution is 9.10. The van der Waals surface area contributed by atoms with Gasteiger partial charge in [-0.3, -0.25) is 4.79 Å². The number of aryl methyl sites for hydroxylation is 1. The fourth-order valence-corrected chi connectivity index (χ4v) is 3.80. The summed E-state index contributed by atoms with van der Waals surface area (Å²) in [4.78, 5) is 12.3. The molecule has 0 aliphatic carbocycles. The van der Waals surface area contributed by atoms with Gasteiger partial charge < -0.3 is 10.6 Å². The molecule has 1 aromatic rings. The highest BCUT2D eigenvalue weighted by Gasteiger charge is 2.34. The third-order valence-electron chi connectivity index (χ3n) is 4.24. The third-order valence-corrected chi connectivity index (χ3v) is 4.73. The summed E-state index contributed by atoms with van der Waals surface area (Å²) in [7, 11) is 0. The molecule has 1 amide bonds. The highest BCUT2D eigenvalue weighted by Crippen LogP contribution is 2.27. The molecular weight excluding hydrogens is 304 g/mol. The lowest BCUT2D eigenvalue weighted by Gasteiger charge is -2.29. The van der Waals surface area contributed by atoms with E-state index in [2.05, 4.69) is 26.6 Å². The van der Waals surface area contributed by atoms with Crippen LogP contribution in [0.5, 0.6) is 0 Å². The van der Waals surface area contributed by atoms with Gasteiger partial charge in [0.05, 0.1) is 0 Å². The number of benzene rings is 1. The third kappa shape index (κ3) is 2.84. The molecule has 1 aromatic carbocycles. The topological polar surface area (TPSA) is 41.1 Å². The van der Waals surface area contributed by atoms with E-state index in [0.29, 0.717) is 18.1 Å². The zero-order valence-corrected chi connectivity index (χ0v) is 12.7. The Morgan fingerprint density at radius 2 is 2.00 bits per heavy atom. The fourth-order valence-electron chi connectivity index (χ4n) is 3.32.